The summed E-state index contributed by atoms with van der Waals surface area (Å²) in [4.78, 5) is 4.54. The Morgan fingerprint density at radius 1 is 0.458 bits per heavy atom. The van der Waals surface area contributed by atoms with Crippen LogP contribution >= 0.6 is 0 Å². The van der Waals surface area contributed by atoms with Crippen molar-refractivity contribution in [3.63, 3.8) is 0 Å². The summed E-state index contributed by atoms with van der Waals surface area (Å²) in [6.07, 6.45) is 11.0. The second-order valence-electron chi connectivity index (χ2n) is 16.0. The molecule has 0 spiro atoms. The van der Waals surface area contributed by atoms with Crippen LogP contribution in [0.25, 0.3) is 98.8 Å². The lowest BCUT2D eigenvalue weighted by Crippen LogP contribution is -2.11. The Bertz CT molecular complexity index is 3490. The zero-order chi connectivity index (χ0) is 39.0. The van der Waals surface area contributed by atoms with Crippen molar-refractivity contribution in [2.45, 2.75) is 12.8 Å². The summed E-state index contributed by atoms with van der Waals surface area (Å²) in [6.45, 7) is 2.35. The van der Waals surface area contributed by atoms with E-state index in [1.807, 2.05) is 18.5 Å². The molecule has 278 valence electrons. The molecule has 3 heterocycles. The standard InChI is InChI=1S/C56H39N3/c1-36-32-44(25-28-46(36)41-19-17-38(18-20-41)37-10-3-2-4-11-37)58-51-29-23-39-12-5-7-15-47(39)55(51)49-26-21-42(33-53(49)58)43-22-27-50-54(34-43)59(45-14-9-31-57-35-45)52-30-24-40-13-6-8-16-48(40)56(50)52/h2-36,46H,1H3. The van der Waals surface area contributed by atoms with Crippen LogP contribution in [0.4, 0.5) is 0 Å². The van der Waals surface area contributed by atoms with E-state index in [1.165, 1.54) is 98.7 Å². The molecule has 2 atom stereocenters. The van der Waals surface area contributed by atoms with Crippen molar-refractivity contribution in [2.24, 2.45) is 5.92 Å². The first kappa shape index (κ1) is 33.6. The topological polar surface area (TPSA) is 22.8 Å². The first-order valence-electron chi connectivity index (χ1n) is 20.6. The maximum absolute atomic E-state index is 4.54. The minimum Gasteiger partial charge on any atom is -0.310 e. The third kappa shape index (κ3) is 5.32. The Morgan fingerprint density at radius 3 is 1.66 bits per heavy atom. The molecule has 0 radical (unpaired) electrons. The van der Waals surface area contributed by atoms with Gasteiger partial charge in [0.2, 0.25) is 0 Å². The van der Waals surface area contributed by atoms with Crippen LogP contribution in [-0.4, -0.2) is 14.1 Å². The highest BCUT2D eigenvalue weighted by Gasteiger charge is 2.23. The van der Waals surface area contributed by atoms with Crippen LogP contribution in [0.15, 0.2) is 207 Å². The molecule has 1 aliphatic carbocycles. The van der Waals surface area contributed by atoms with Gasteiger partial charge in [0.25, 0.3) is 0 Å². The van der Waals surface area contributed by atoms with E-state index in [0.717, 1.165) is 5.69 Å². The van der Waals surface area contributed by atoms with E-state index in [-0.39, 0.29) is 0 Å². The van der Waals surface area contributed by atoms with Gasteiger partial charge in [-0.1, -0.05) is 159 Å². The molecule has 59 heavy (non-hydrogen) atoms. The van der Waals surface area contributed by atoms with Crippen LogP contribution in [0.3, 0.4) is 0 Å². The van der Waals surface area contributed by atoms with E-state index < -0.39 is 0 Å². The predicted octanol–water partition coefficient (Wildman–Crippen LogP) is 14.8. The molecule has 0 bridgehead atoms. The SMILES string of the molecule is CC1C=C(n2c3cc(-c4ccc5c6c7ccccc7ccc6n(-c6cccnc6)c5c4)ccc3c3c4ccccc4ccc32)C=CC1c1ccc(-c2ccccc2)cc1. The van der Waals surface area contributed by atoms with E-state index in [0.29, 0.717) is 11.8 Å². The molecule has 3 aromatic heterocycles. The Balaban J connectivity index is 1.02. The first-order valence-corrected chi connectivity index (χ1v) is 20.6. The molecule has 0 aliphatic heterocycles. The van der Waals surface area contributed by atoms with Crippen LogP contribution in [0.5, 0.6) is 0 Å². The molecule has 0 saturated heterocycles. The molecular formula is C56H39N3. The highest BCUT2D eigenvalue weighted by molar-refractivity contribution is 6.23. The van der Waals surface area contributed by atoms with E-state index in [2.05, 4.69) is 209 Å². The van der Waals surface area contributed by atoms with E-state index in [9.17, 15) is 0 Å². The van der Waals surface area contributed by atoms with Gasteiger partial charge < -0.3 is 9.13 Å². The van der Waals surface area contributed by atoms with Gasteiger partial charge in [-0.05, 0) is 97.8 Å². The van der Waals surface area contributed by atoms with Gasteiger partial charge in [0.05, 0.1) is 34.0 Å². The number of hydrogen-bond donors (Lipinski definition) is 0. The molecule has 0 amide bonds. The van der Waals surface area contributed by atoms with Crippen LogP contribution in [0.1, 0.15) is 18.4 Å². The van der Waals surface area contributed by atoms with Crippen molar-refractivity contribution in [3.05, 3.63) is 212 Å². The molecule has 0 N–H and O–H groups in total. The van der Waals surface area contributed by atoms with Crippen molar-refractivity contribution in [2.75, 3.05) is 0 Å². The van der Waals surface area contributed by atoms with Gasteiger partial charge in [-0.2, -0.15) is 0 Å². The fourth-order valence-corrected chi connectivity index (χ4v) is 9.87. The lowest BCUT2D eigenvalue weighted by molar-refractivity contribution is 0.635. The molecular weight excluding hydrogens is 715 g/mol. The predicted molar refractivity (Wildman–Crippen MR) is 249 cm³/mol. The van der Waals surface area contributed by atoms with Crippen molar-refractivity contribution >= 4 is 70.9 Å². The number of benzene rings is 8. The Morgan fingerprint density at radius 2 is 1.03 bits per heavy atom. The van der Waals surface area contributed by atoms with E-state index in [1.54, 1.807) is 0 Å². The quantitative estimate of drug-likeness (QED) is 0.172. The highest BCUT2D eigenvalue weighted by atomic mass is 15.0. The monoisotopic (exact) mass is 753 g/mol. The second kappa shape index (κ2) is 13.3. The average Bonchev–Trinajstić information content (AvgIpc) is 3.82. The first-order chi connectivity index (χ1) is 29.2. The summed E-state index contributed by atoms with van der Waals surface area (Å²) in [5, 5.41) is 10.1. The minimum absolute atomic E-state index is 0.295. The largest absolute Gasteiger partial charge is 0.310 e. The smallest absolute Gasteiger partial charge is 0.0645 e. The molecule has 11 aromatic rings. The average molecular weight is 754 g/mol. The summed E-state index contributed by atoms with van der Waals surface area (Å²) in [5.74, 6) is 0.602. The third-order valence-corrected chi connectivity index (χ3v) is 12.7. The van der Waals surface area contributed by atoms with Crippen LogP contribution in [0, 0.1) is 5.92 Å². The number of aromatic nitrogens is 3. The maximum Gasteiger partial charge on any atom is 0.0645 e. The number of allylic oxidation sites excluding steroid dienone is 4. The van der Waals surface area contributed by atoms with Crippen LogP contribution in [0.2, 0.25) is 0 Å². The second-order valence-corrected chi connectivity index (χ2v) is 16.0. The van der Waals surface area contributed by atoms with Crippen molar-refractivity contribution in [1.82, 2.24) is 14.1 Å². The summed E-state index contributed by atoms with van der Waals surface area (Å²) in [7, 11) is 0. The molecule has 2 unspecified atom stereocenters. The van der Waals surface area contributed by atoms with Gasteiger partial charge in [-0.25, -0.2) is 0 Å². The Labute approximate surface area is 342 Å². The number of rotatable bonds is 5. The fourth-order valence-electron chi connectivity index (χ4n) is 9.87. The normalized spacial score (nSPS) is 15.6. The molecule has 3 heteroatoms. The van der Waals surface area contributed by atoms with Crippen molar-refractivity contribution in [3.8, 4) is 27.9 Å². The molecule has 0 fully saturated rings. The van der Waals surface area contributed by atoms with Crippen LogP contribution in [-0.2, 0) is 0 Å². The lowest BCUT2D eigenvalue weighted by atomic mass is 9.83. The Kier molecular flexibility index (Phi) is 7.58. The van der Waals surface area contributed by atoms with Gasteiger partial charge in [-0.3, -0.25) is 4.98 Å². The van der Waals surface area contributed by atoms with Crippen molar-refractivity contribution < 1.29 is 0 Å². The number of nitrogens with zero attached hydrogens (tertiary/aromatic N) is 3. The zero-order valence-electron chi connectivity index (χ0n) is 32.6. The minimum atomic E-state index is 0.295. The summed E-state index contributed by atoms with van der Waals surface area (Å²) in [5.41, 5.74) is 13.2. The number of hydrogen-bond acceptors (Lipinski definition) is 1. The lowest BCUT2D eigenvalue weighted by Gasteiger charge is -2.25. The van der Waals surface area contributed by atoms with Gasteiger partial charge in [0.1, 0.15) is 0 Å². The van der Waals surface area contributed by atoms with Gasteiger partial charge >= 0.3 is 0 Å². The molecule has 1 aliphatic rings. The summed E-state index contributed by atoms with van der Waals surface area (Å²) >= 11 is 0. The van der Waals surface area contributed by atoms with Gasteiger partial charge in [0.15, 0.2) is 0 Å². The molecule has 3 nitrogen and oxygen atoms in total. The van der Waals surface area contributed by atoms with E-state index >= 15 is 0 Å². The van der Waals surface area contributed by atoms with Crippen molar-refractivity contribution in [1.29, 1.82) is 0 Å². The maximum atomic E-state index is 4.54. The molecule has 12 rings (SSSR count). The van der Waals surface area contributed by atoms with Gasteiger partial charge in [-0.15, -0.1) is 0 Å². The summed E-state index contributed by atoms with van der Waals surface area (Å²) in [6, 6.07) is 64.6. The Hall–Kier alpha value is -7.49. The van der Waals surface area contributed by atoms with E-state index in [4.69, 9.17) is 0 Å². The number of fused-ring (bicyclic) bond motifs is 10. The zero-order valence-corrected chi connectivity index (χ0v) is 32.6. The van der Waals surface area contributed by atoms with Crippen LogP contribution < -0.4 is 0 Å². The highest BCUT2D eigenvalue weighted by Crippen LogP contribution is 2.43. The molecule has 0 saturated carbocycles. The summed E-state index contributed by atoms with van der Waals surface area (Å²) < 4.78 is 4.87. The third-order valence-electron chi connectivity index (χ3n) is 12.7. The molecule has 8 aromatic carbocycles. The fraction of sp³-hybridized carbons (Fsp3) is 0.0536. The van der Waals surface area contributed by atoms with Gasteiger partial charge in [0, 0.05) is 39.4 Å². The number of pyridine rings is 1.